The third kappa shape index (κ3) is 9.69. The minimum atomic E-state index is -0.980. The topological polar surface area (TPSA) is 110 Å². The molecule has 0 spiro atoms. The third-order valence-electron chi connectivity index (χ3n) is 7.33. The lowest BCUT2D eigenvalue weighted by Crippen LogP contribution is -2.41. The summed E-state index contributed by atoms with van der Waals surface area (Å²) in [6.45, 7) is 17.8. The van der Waals surface area contributed by atoms with Crippen LogP contribution in [0, 0.1) is 12.3 Å². The van der Waals surface area contributed by atoms with Crippen LogP contribution in [0.25, 0.3) is 0 Å². The predicted molar refractivity (Wildman–Crippen MR) is 177 cm³/mol. The van der Waals surface area contributed by atoms with Gasteiger partial charge in [0.2, 0.25) is 5.91 Å². The molecule has 0 fully saturated rings. The molecule has 5 N–H and O–H groups in total. The van der Waals surface area contributed by atoms with Crippen LogP contribution in [0.5, 0.6) is 0 Å². The van der Waals surface area contributed by atoms with Crippen LogP contribution in [0.4, 0.5) is 0 Å². The number of rotatable bonds is 14. The number of aryl methyl sites for hydroxylation is 2. The smallest absolute Gasteiger partial charge is 0.233 e. The lowest BCUT2D eigenvalue weighted by atomic mass is 9.80. The lowest BCUT2D eigenvalue weighted by Gasteiger charge is -2.34. The molecule has 2 heterocycles. The maximum atomic E-state index is 13.8. The van der Waals surface area contributed by atoms with Crippen LogP contribution in [0.1, 0.15) is 55.5 Å². The molecule has 1 atom stereocenters. The highest BCUT2D eigenvalue weighted by Gasteiger charge is 2.39. The van der Waals surface area contributed by atoms with Crippen molar-refractivity contribution >= 4 is 17.9 Å². The summed E-state index contributed by atoms with van der Waals surface area (Å²) < 4.78 is 8.83. The van der Waals surface area contributed by atoms with Crippen molar-refractivity contribution in [1.29, 1.82) is 0 Å². The molecule has 0 saturated carbocycles. The van der Waals surface area contributed by atoms with Crippen molar-refractivity contribution in [2.45, 2.75) is 58.1 Å². The van der Waals surface area contributed by atoms with Crippen molar-refractivity contribution in [3.63, 3.8) is 0 Å². The Kier molecular flexibility index (Phi) is 12.8. The quantitative estimate of drug-likeness (QED) is 0.107. The van der Waals surface area contributed by atoms with Crippen LogP contribution in [-0.4, -0.2) is 39.9 Å². The number of aromatic nitrogens is 1. The van der Waals surface area contributed by atoms with E-state index in [1.807, 2.05) is 39.2 Å². The Morgan fingerprint density at radius 2 is 2.09 bits per heavy atom. The van der Waals surface area contributed by atoms with E-state index >= 15 is 0 Å². The Hall–Kier alpha value is -3.63. The van der Waals surface area contributed by atoms with E-state index in [9.17, 15) is 4.79 Å². The van der Waals surface area contributed by atoms with Gasteiger partial charge in [-0.3, -0.25) is 9.78 Å². The lowest BCUT2D eigenvalue weighted by molar-refractivity contribution is -0.137. The summed E-state index contributed by atoms with van der Waals surface area (Å²) in [7, 11) is 0. The number of ether oxygens (including phenoxy) is 1. The number of hydrogen-bond donors (Lipinski definition) is 3. The van der Waals surface area contributed by atoms with Gasteiger partial charge in [0.15, 0.2) is 0 Å². The van der Waals surface area contributed by atoms with E-state index in [1.165, 1.54) is 26.6 Å². The highest BCUT2D eigenvalue weighted by molar-refractivity contribution is 7.97. The zero-order chi connectivity index (χ0) is 31.4. The van der Waals surface area contributed by atoms with Gasteiger partial charge in [-0.2, -0.15) is 0 Å². The Morgan fingerprint density at radius 1 is 1.30 bits per heavy atom. The fourth-order valence-corrected chi connectivity index (χ4v) is 5.80. The molecular formula is C34H46N6O2S. The second-order valence-electron chi connectivity index (χ2n) is 11.1. The number of carbonyl (C=O) groups is 1. The van der Waals surface area contributed by atoms with Gasteiger partial charge in [-0.25, -0.2) is 10.1 Å². The fraction of sp³-hybridized carbons (Fsp3) is 0.353. The molecule has 3 rings (SSSR count). The van der Waals surface area contributed by atoms with Crippen LogP contribution in [-0.2, 0) is 22.5 Å². The molecule has 0 aliphatic carbocycles. The Morgan fingerprint density at radius 3 is 2.81 bits per heavy atom. The molecule has 0 radical (unpaired) electrons. The number of nitrogens with zero attached hydrogens (tertiary/aromatic N) is 3. The minimum absolute atomic E-state index is 0.107. The Bertz CT molecular complexity index is 1370. The molecule has 9 heteroatoms. The molecule has 1 amide bonds. The summed E-state index contributed by atoms with van der Waals surface area (Å²) in [4.78, 5) is 19.3. The number of nitrogens with two attached hydrogens (primary N) is 2. The molecule has 2 aromatic rings. The molecule has 43 heavy (non-hydrogen) atoms. The van der Waals surface area contributed by atoms with Gasteiger partial charge in [-0.05, 0) is 93.0 Å². The van der Waals surface area contributed by atoms with E-state index in [1.54, 1.807) is 48.5 Å². The molecule has 1 aliphatic heterocycles. The first-order valence-corrected chi connectivity index (χ1v) is 15.3. The van der Waals surface area contributed by atoms with Gasteiger partial charge in [0.1, 0.15) is 0 Å². The van der Waals surface area contributed by atoms with E-state index in [4.69, 9.17) is 16.3 Å². The minimum Gasteiger partial charge on any atom is -0.399 e. The first-order valence-electron chi connectivity index (χ1n) is 14.6. The van der Waals surface area contributed by atoms with Gasteiger partial charge in [-0.1, -0.05) is 49.6 Å². The number of hydrogen-bond acceptors (Lipinski definition) is 8. The highest BCUT2D eigenvalue weighted by Crippen LogP contribution is 2.39. The molecule has 1 aromatic carbocycles. The average molecular weight is 603 g/mol. The maximum absolute atomic E-state index is 13.8. The van der Waals surface area contributed by atoms with Crippen LogP contribution in [0.2, 0.25) is 0 Å². The van der Waals surface area contributed by atoms with Gasteiger partial charge in [0.05, 0.1) is 23.8 Å². The molecule has 1 aromatic heterocycles. The second kappa shape index (κ2) is 16.3. The third-order valence-corrected chi connectivity index (χ3v) is 8.46. The molecule has 1 unspecified atom stereocenters. The zero-order valence-corrected chi connectivity index (χ0v) is 26.7. The van der Waals surface area contributed by atoms with Gasteiger partial charge >= 0.3 is 0 Å². The monoisotopic (exact) mass is 602 g/mol. The van der Waals surface area contributed by atoms with Crippen LogP contribution < -0.4 is 16.9 Å². The van der Waals surface area contributed by atoms with Crippen LogP contribution in [0.15, 0.2) is 103 Å². The number of allylic oxidation sites excluding steroid dienone is 5. The fourth-order valence-electron chi connectivity index (χ4n) is 4.71. The molecule has 0 saturated heterocycles. The number of fused-ring (bicyclic) bond motifs is 1. The average Bonchev–Trinajstić information content (AvgIpc) is 3.19. The molecular weight excluding hydrogens is 556 g/mol. The SMILES string of the molecule is C=C/C=C\C=C(/C=C)NC(=O)C(C)(C)C(OC/C(N)=C/N(N)CC)c1ccc(C)c(CN2CCCc3ccncc3S2)c1. The zero-order valence-electron chi connectivity index (χ0n) is 25.9. The van der Waals surface area contributed by atoms with Gasteiger partial charge in [0.25, 0.3) is 0 Å². The summed E-state index contributed by atoms with van der Waals surface area (Å²) >= 11 is 1.75. The highest BCUT2D eigenvalue weighted by atomic mass is 32.2. The van der Waals surface area contributed by atoms with Gasteiger partial charge in [-0.15, -0.1) is 0 Å². The van der Waals surface area contributed by atoms with E-state index in [2.05, 4.69) is 52.9 Å². The largest absolute Gasteiger partial charge is 0.399 e. The summed E-state index contributed by atoms with van der Waals surface area (Å²) in [5.41, 5.74) is 10.9. The number of pyridine rings is 1. The maximum Gasteiger partial charge on any atom is 0.233 e. The number of benzene rings is 1. The van der Waals surface area contributed by atoms with E-state index < -0.39 is 11.5 Å². The van der Waals surface area contributed by atoms with Crippen molar-refractivity contribution in [2.24, 2.45) is 17.0 Å². The van der Waals surface area contributed by atoms with Crippen molar-refractivity contribution in [2.75, 3.05) is 19.7 Å². The standard InChI is InChI=1S/C34H46N6O2S/c1-7-10-11-14-30(8-2)38-33(41)34(5,6)32(42-24-29(35)23-39(36)9-3)27-16-15-25(4)28(20-27)22-40-19-12-13-26-17-18-37-21-31(26)43-40/h7-8,10-11,14-18,20-21,23,32H,1-2,9,12-13,19,22,24,35-36H2,3-6H3,(H,38,41)/b11-10-,29-23-,30-14+. The van der Waals surface area contributed by atoms with Crippen molar-refractivity contribution in [1.82, 2.24) is 19.6 Å². The number of hydrazine groups is 1. The first kappa shape index (κ1) is 33.9. The number of amides is 1. The van der Waals surface area contributed by atoms with E-state index in [0.29, 0.717) is 17.9 Å². The van der Waals surface area contributed by atoms with Gasteiger partial charge < -0.3 is 20.8 Å². The normalized spacial score (nSPS) is 15.5. The second-order valence-corrected chi connectivity index (χ2v) is 12.2. The summed E-state index contributed by atoms with van der Waals surface area (Å²) in [5.74, 6) is 5.72. The van der Waals surface area contributed by atoms with Crippen molar-refractivity contribution < 1.29 is 9.53 Å². The predicted octanol–water partition coefficient (Wildman–Crippen LogP) is 5.85. The molecule has 230 valence electrons. The van der Waals surface area contributed by atoms with E-state index in [-0.39, 0.29) is 12.5 Å². The van der Waals surface area contributed by atoms with Crippen molar-refractivity contribution in [3.8, 4) is 0 Å². The summed E-state index contributed by atoms with van der Waals surface area (Å²) in [6, 6.07) is 8.40. The Balaban J connectivity index is 1.93. The number of carbonyl (C=O) groups excluding carboxylic acids is 1. The molecule has 1 aliphatic rings. The van der Waals surface area contributed by atoms with Crippen LogP contribution >= 0.6 is 11.9 Å². The van der Waals surface area contributed by atoms with Gasteiger partial charge in [0, 0.05) is 48.8 Å². The number of nitrogens with one attached hydrogen (secondary N) is 1. The molecule has 0 bridgehead atoms. The van der Waals surface area contributed by atoms with Crippen molar-refractivity contribution in [3.05, 3.63) is 120 Å². The summed E-state index contributed by atoms with van der Waals surface area (Å²) in [6.07, 6.45) is 15.6. The van der Waals surface area contributed by atoms with Crippen LogP contribution in [0.3, 0.4) is 0 Å². The van der Waals surface area contributed by atoms with E-state index in [0.717, 1.165) is 31.5 Å². The first-order chi connectivity index (χ1) is 20.6. The Labute approximate surface area is 261 Å². The summed E-state index contributed by atoms with van der Waals surface area (Å²) in [5, 5.41) is 4.50. The molecule has 8 nitrogen and oxygen atoms in total.